The maximum Gasteiger partial charge on any atom is 0.191 e. The molecule has 1 unspecified atom stereocenters. The zero-order chi connectivity index (χ0) is 16.7. The highest BCUT2D eigenvalue weighted by Crippen LogP contribution is 2.18. The van der Waals surface area contributed by atoms with Crippen LogP contribution >= 0.6 is 11.3 Å². The highest BCUT2D eigenvalue weighted by Gasteiger charge is 2.21. The Morgan fingerprint density at radius 1 is 1.43 bits per heavy atom. The van der Waals surface area contributed by atoms with Crippen LogP contribution in [0.1, 0.15) is 44.1 Å². The third-order valence-electron chi connectivity index (χ3n) is 4.53. The van der Waals surface area contributed by atoms with Crippen molar-refractivity contribution in [3.05, 3.63) is 21.9 Å². The number of thiophene rings is 1. The van der Waals surface area contributed by atoms with Crippen LogP contribution in [0.2, 0.25) is 0 Å². The first-order chi connectivity index (χ1) is 11.1. The summed E-state index contributed by atoms with van der Waals surface area (Å²) in [6.07, 6.45) is 2.63. The molecule has 1 aliphatic heterocycles. The van der Waals surface area contributed by atoms with Crippen molar-refractivity contribution in [3.63, 3.8) is 0 Å². The molecular formula is C18H32N4S. The maximum absolute atomic E-state index is 4.75. The smallest absolute Gasteiger partial charge is 0.191 e. The molecule has 5 heteroatoms. The number of hydrogen-bond donors (Lipinski definition) is 2. The number of hydrogen-bond acceptors (Lipinski definition) is 3. The first-order valence-corrected chi connectivity index (χ1v) is 9.77. The van der Waals surface area contributed by atoms with Crippen LogP contribution in [0.4, 0.5) is 0 Å². The molecule has 0 amide bonds. The van der Waals surface area contributed by atoms with Gasteiger partial charge in [-0.1, -0.05) is 0 Å². The Labute approximate surface area is 145 Å². The zero-order valence-electron chi connectivity index (χ0n) is 15.1. The van der Waals surface area contributed by atoms with Crippen LogP contribution in [-0.4, -0.2) is 43.1 Å². The van der Waals surface area contributed by atoms with E-state index < -0.39 is 0 Å². The fraction of sp³-hybridized carbons (Fsp3) is 0.722. The third-order valence-corrected chi connectivity index (χ3v) is 5.54. The van der Waals surface area contributed by atoms with Crippen LogP contribution in [-0.2, 0) is 6.54 Å². The van der Waals surface area contributed by atoms with Gasteiger partial charge in [0.2, 0.25) is 0 Å². The van der Waals surface area contributed by atoms with Gasteiger partial charge in [-0.05, 0) is 70.0 Å². The van der Waals surface area contributed by atoms with E-state index in [9.17, 15) is 0 Å². The average Bonchev–Trinajstić information content (AvgIpc) is 2.95. The Kier molecular flexibility index (Phi) is 7.37. The van der Waals surface area contributed by atoms with Gasteiger partial charge >= 0.3 is 0 Å². The SMILES string of the molecule is CCNC(=NCc1sccc1C)NCC1CCCN(C(C)C)C1. The Morgan fingerprint density at radius 3 is 2.91 bits per heavy atom. The lowest BCUT2D eigenvalue weighted by molar-refractivity contribution is 0.141. The van der Waals surface area contributed by atoms with Gasteiger partial charge in [0.25, 0.3) is 0 Å². The third kappa shape index (κ3) is 5.81. The standard InChI is InChI=1S/C18H32N4S/c1-5-19-18(21-12-17-15(4)8-10-23-17)20-11-16-7-6-9-22(13-16)14(2)3/h8,10,14,16H,5-7,9,11-13H2,1-4H3,(H2,19,20,21). The lowest BCUT2D eigenvalue weighted by Gasteiger charge is -2.35. The first-order valence-electron chi connectivity index (χ1n) is 8.89. The van der Waals surface area contributed by atoms with E-state index in [0.29, 0.717) is 6.04 Å². The quantitative estimate of drug-likeness (QED) is 0.619. The second-order valence-corrected chi connectivity index (χ2v) is 7.70. The minimum Gasteiger partial charge on any atom is -0.357 e. The highest BCUT2D eigenvalue weighted by atomic mass is 32.1. The van der Waals surface area contributed by atoms with Crippen molar-refractivity contribution in [2.24, 2.45) is 10.9 Å². The number of nitrogens with one attached hydrogen (secondary N) is 2. The summed E-state index contributed by atoms with van der Waals surface area (Å²) in [6.45, 7) is 14.0. The van der Waals surface area contributed by atoms with Gasteiger partial charge in [-0.25, -0.2) is 4.99 Å². The molecule has 2 N–H and O–H groups in total. The van der Waals surface area contributed by atoms with Gasteiger partial charge in [0, 0.05) is 30.6 Å². The second kappa shape index (κ2) is 9.28. The van der Waals surface area contributed by atoms with E-state index in [-0.39, 0.29) is 0 Å². The van der Waals surface area contributed by atoms with E-state index in [2.05, 4.69) is 54.7 Å². The molecule has 1 atom stereocenters. The molecule has 2 heterocycles. The molecule has 0 spiro atoms. The number of aryl methyl sites for hydroxylation is 1. The maximum atomic E-state index is 4.75. The van der Waals surface area contributed by atoms with Gasteiger partial charge in [-0.2, -0.15) is 0 Å². The number of rotatable bonds is 6. The van der Waals surface area contributed by atoms with Gasteiger partial charge < -0.3 is 15.5 Å². The van der Waals surface area contributed by atoms with Crippen molar-refractivity contribution in [2.75, 3.05) is 26.2 Å². The first kappa shape index (κ1) is 18.3. The van der Waals surface area contributed by atoms with Gasteiger partial charge in [0.1, 0.15) is 0 Å². The molecule has 0 aliphatic carbocycles. The predicted octanol–water partition coefficient (Wildman–Crippen LogP) is 3.23. The summed E-state index contributed by atoms with van der Waals surface area (Å²) in [4.78, 5) is 8.69. The minimum absolute atomic E-state index is 0.654. The van der Waals surface area contributed by atoms with Crippen LogP contribution in [0.5, 0.6) is 0 Å². The fourth-order valence-corrected chi connectivity index (χ4v) is 3.86. The Balaban J connectivity index is 1.85. The summed E-state index contributed by atoms with van der Waals surface area (Å²) in [7, 11) is 0. The van der Waals surface area contributed by atoms with E-state index in [1.54, 1.807) is 11.3 Å². The molecule has 0 saturated carbocycles. The highest BCUT2D eigenvalue weighted by molar-refractivity contribution is 7.10. The Hall–Kier alpha value is -1.07. The molecular weight excluding hydrogens is 304 g/mol. The van der Waals surface area contributed by atoms with Crippen LogP contribution in [0, 0.1) is 12.8 Å². The topological polar surface area (TPSA) is 39.7 Å². The number of guanidine groups is 1. The van der Waals surface area contributed by atoms with Gasteiger partial charge in [0.15, 0.2) is 5.96 Å². The van der Waals surface area contributed by atoms with Gasteiger partial charge in [0.05, 0.1) is 6.54 Å². The summed E-state index contributed by atoms with van der Waals surface area (Å²) in [6, 6.07) is 2.82. The summed E-state index contributed by atoms with van der Waals surface area (Å²) in [5.74, 6) is 1.67. The summed E-state index contributed by atoms with van der Waals surface area (Å²) >= 11 is 1.79. The molecule has 0 radical (unpaired) electrons. The van der Waals surface area contributed by atoms with Crippen molar-refractivity contribution in [1.82, 2.24) is 15.5 Å². The number of piperidine rings is 1. The average molecular weight is 337 g/mol. The summed E-state index contributed by atoms with van der Waals surface area (Å²) < 4.78 is 0. The lowest BCUT2D eigenvalue weighted by Crippen LogP contribution is -2.46. The Morgan fingerprint density at radius 2 is 2.26 bits per heavy atom. The van der Waals surface area contributed by atoms with E-state index in [1.165, 1.54) is 36.4 Å². The van der Waals surface area contributed by atoms with E-state index in [1.807, 2.05) is 0 Å². The minimum atomic E-state index is 0.654. The second-order valence-electron chi connectivity index (χ2n) is 6.70. The van der Waals surface area contributed by atoms with Gasteiger partial charge in [-0.15, -0.1) is 11.3 Å². The van der Waals surface area contributed by atoms with Crippen LogP contribution < -0.4 is 10.6 Å². The molecule has 4 nitrogen and oxygen atoms in total. The fourth-order valence-electron chi connectivity index (χ4n) is 3.03. The van der Waals surface area contributed by atoms with Gasteiger partial charge in [-0.3, -0.25) is 0 Å². The Bertz CT molecular complexity index is 495. The zero-order valence-corrected chi connectivity index (χ0v) is 15.9. The van der Waals surface area contributed by atoms with Crippen molar-refractivity contribution in [3.8, 4) is 0 Å². The monoisotopic (exact) mass is 336 g/mol. The van der Waals surface area contributed by atoms with Crippen LogP contribution in [0.15, 0.2) is 16.4 Å². The number of aliphatic imine (C=N–C) groups is 1. The normalized spacial score (nSPS) is 20.0. The van der Waals surface area contributed by atoms with Crippen molar-refractivity contribution in [1.29, 1.82) is 0 Å². The van der Waals surface area contributed by atoms with Crippen LogP contribution in [0.25, 0.3) is 0 Å². The molecule has 130 valence electrons. The largest absolute Gasteiger partial charge is 0.357 e. The molecule has 1 fully saturated rings. The summed E-state index contributed by atoms with van der Waals surface area (Å²) in [5, 5.41) is 9.06. The van der Waals surface area contributed by atoms with E-state index in [0.717, 1.165) is 31.5 Å². The summed E-state index contributed by atoms with van der Waals surface area (Å²) in [5.41, 5.74) is 1.34. The molecule has 2 rings (SSSR count). The molecule has 23 heavy (non-hydrogen) atoms. The number of nitrogens with zero attached hydrogens (tertiary/aromatic N) is 2. The predicted molar refractivity (Wildman–Crippen MR) is 101 cm³/mol. The lowest BCUT2D eigenvalue weighted by atomic mass is 9.97. The van der Waals surface area contributed by atoms with Crippen LogP contribution in [0.3, 0.4) is 0 Å². The molecule has 0 aromatic carbocycles. The van der Waals surface area contributed by atoms with Crippen molar-refractivity contribution < 1.29 is 0 Å². The molecule has 1 saturated heterocycles. The molecule has 1 aromatic rings. The van der Waals surface area contributed by atoms with E-state index in [4.69, 9.17) is 4.99 Å². The molecule has 0 bridgehead atoms. The molecule has 1 aromatic heterocycles. The van der Waals surface area contributed by atoms with Crippen molar-refractivity contribution >= 4 is 17.3 Å². The number of likely N-dealkylation sites (tertiary alicyclic amines) is 1. The van der Waals surface area contributed by atoms with Crippen molar-refractivity contribution in [2.45, 2.75) is 53.1 Å². The van der Waals surface area contributed by atoms with E-state index >= 15 is 0 Å². The molecule has 1 aliphatic rings.